The van der Waals surface area contributed by atoms with E-state index in [0.717, 1.165) is 16.8 Å². The third kappa shape index (κ3) is 3.19. The van der Waals surface area contributed by atoms with Crippen LogP contribution in [0.5, 0.6) is 0 Å². The fourth-order valence-corrected chi connectivity index (χ4v) is 2.47. The molecule has 0 saturated carbocycles. The highest BCUT2D eigenvalue weighted by molar-refractivity contribution is 5.93. The Balaban J connectivity index is 1.87. The van der Waals surface area contributed by atoms with Gasteiger partial charge in [-0.05, 0) is 37.0 Å². The molecule has 110 valence electrons. The summed E-state index contributed by atoms with van der Waals surface area (Å²) in [5.74, 6) is 0.199. The molecule has 1 aliphatic heterocycles. The SMILES string of the molecule is Cc1ccc(C)c(NC(=O)CN2CC(O)(C(C)C)C2)c1. The van der Waals surface area contributed by atoms with E-state index in [1.807, 2.05) is 50.8 Å². The molecule has 1 heterocycles. The molecule has 1 saturated heterocycles. The number of anilines is 1. The minimum absolute atomic E-state index is 0.0236. The first-order chi connectivity index (χ1) is 9.30. The Morgan fingerprint density at radius 2 is 2.05 bits per heavy atom. The van der Waals surface area contributed by atoms with E-state index in [-0.39, 0.29) is 11.8 Å². The van der Waals surface area contributed by atoms with Crippen LogP contribution < -0.4 is 5.32 Å². The molecule has 2 rings (SSSR count). The molecule has 1 aromatic rings. The van der Waals surface area contributed by atoms with Crippen LogP contribution >= 0.6 is 0 Å². The third-order valence-corrected chi connectivity index (χ3v) is 4.10. The van der Waals surface area contributed by atoms with Crippen molar-refractivity contribution in [2.24, 2.45) is 5.92 Å². The van der Waals surface area contributed by atoms with Crippen LogP contribution in [0, 0.1) is 19.8 Å². The van der Waals surface area contributed by atoms with Gasteiger partial charge in [0.25, 0.3) is 0 Å². The third-order valence-electron chi connectivity index (χ3n) is 4.10. The van der Waals surface area contributed by atoms with Crippen molar-refractivity contribution in [2.75, 3.05) is 25.0 Å². The first-order valence-corrected chi connectivity index (χ1v) is 7.12. The molecule has 0 bridgehead atoms. The summed E-state index contributed by atoms with van der Waals surface area (Å²) in [4.78, 5) is 14.0. The Labute approximate surface area is 120 Å². The van der Waals surface area contributed by atoms with E-state index in [1.165, 1.54) is 0 Å². The summed E-state index contributed by atoms with van der Waals surface area (Å²) in [7, 11) is 0. The number of rotatable bonds is 4. The zero-order valence-corrected chi connectivity index (χ0v) is 12.7. The normalized spacial score (nSPS) is 17.9. The monoisotopic (exact) mass is 276 g/mol. The molecule has 0 aromatic heterocycles. The van der Waals surface area contributed by atoms with E-state index in [4.69, 9.17) is 0 Å². The van der Waals surface area contributed by atoms with Gasteiger partial charge in [-0.25, -0.2) is 0 Å². The number of carbonyl (C=O) groups is 1. The lowest BCUT2D eigenvalue weighted by Crippen LogP contribution is -2.65. The summed E-state index contributed by atoms with van der Waals surface area (Å²) in [6.45, 7) is 9.49. The standard InChI is InChI=1S/C16H24N2O2/c1-11(2)16(20)9-18(10-16)8-15(19)17-14-7-12(3)5-6-13(14)4/h5-7,11,20H,8-10H2,1-4H3,(H,17,19). The Kier molecular flexibility index (Phi) is 4.16. The molecule has 20 heavy (non-hydrogen) atoms. The lowest BCUT2D eigenvalue weighted by Gasteiger charge is -2.48. The van der Waals surface area contributed by atoms with Gasteiger partial charge in [-0.2, -0.15) is 0 Å². The second kappa shape index (κ2) is 5.54. The number of amides is 1. The summed E-state index contributed by atoms with van der Waals surface area (Å²) < 4.78 is 0. The van der Waals surface area contributed by atoms with Crippen molar-refractivity contribution in [3.05, 3.63) is 29.3 Å². The van der Waals surface area contributed by atoms with Gasteiger partial charge in [-0.3, -0.25) is 9.69 Å². The number of hydrogen-bond donors (Lipinski definition) is 2. The summed E-state index contributed by atoms with van der Waals surface area (Å²) in [6.07, 6.45) is 0. The molecule has 0 unspecified atom stereocenters. The largest absolute Gasteiger partial charge is 0.387 e. The van der Waals surface area contributed by atoms with Gasteiger partial charge in [0.15, 0.2) is 0 Å². The molecular weight excluding hydrogens is 252 g/mol. The number of hydrogen-bond acceptors (Lipinski definition) is 3. The van der Waals surface area contributed by atoms with Crippen molar-refractivity contribution < 1.29 is 9.90 Å². The maximum atomic E-state index is 12.0. The quantitative estimate of drug-likeness (QED) is 0.883. The number of β-amino-alcohol motifs (C(OH)–C–C–N with tert-alkyl or cyclic N) is 1. The fourth-order valence-electron chi connectivity index (χ4n) is 2.47. The van der Waals surface area contributed by atoms with E-state index in [0.29, 0.717) is 19.6 Å². The molecule has 1 aromatic carbocycles. The molecule has 0 radical (unpaired) electrons. The first-order valence-electron chi connectivity index (χ1n) is 7.12. The fraction of sp³-hybridized carbons (Fsp3) is 0.562. The number of nitrogens with one attached hydrogen (secondary N) is 1. The van der Waals surface area contributed by atoms with Gasteiger partial charge in [-0.1, -0.05) is 26.0 Å². The van der Waals surface area contributed by atoms with Crippen molar-refractivity contribution in [3.8, 4) is 0 Å². The van der Waals surface area contributed by atoms with E-state index in [2.05, 4.69) is 5.32 Å². The second-order valence-electron chi connectivity index (χ2n) is 6.27. The van der Waals surface area contributed by atoms with Crippen LogP contribution in [-0.2, 0) is 4.79 Å². The predicted molar refractivity (Wildman–Crippen MR) is 80.8 cm³/mol. The van der Waals surface area contributed by atoms with Gasteiger partial charge in [0.1, 0.15) is 0 Å². The lowest BCUT2D eigenvalue weighted by molar-refractivity contribution is -0.139. The van der Waals surface area contributed by atoms with Crippen LogP contribution in [0.2, 0.25) is 0 Å². The Bertz CT molecular complexity index is 505. The average molecular weight is 276 g/mol. The van der Waals surface area contributed by atoms with Crippen LogP contribution in [0.4, 0.5) is 5.69 Å². The Morgan fingerprint density at radius 1 is 1.40 bits per heavy atom. The smallest absolute Gasteiger partial charge is 0.238 e. The zero-order chi connectivity index (χ0) is 14.9. The summed E-state index contributed by atoms with van der Waals surface area (Å²) in [5, 5.41) is 13.1. The minimum Gasteiger partial charge on any atom is -0.387 e. The van der Waals surface area contributed by atoms with Crippen molar-refractivity contribution >= 4 is 11.6 Å². The Morgan fingerprint density at radius 3 is 2.65 bits per heavy atom. The molecule has 4 heteroatoms. The maximum absolute atomic E-state index is 12.0. The highest BCUT2D eigenvalue weighted by atomic mass is 16.3. The van der Waals surface area contributed by atoms with E-state index >= 15 is 0 Å². The van der Waals surface area contributed by atoms with Gasteiger partial charge in [0.05, 0.1) is 12.1 Å². The van der Waals surface area contributed by atoms with E-state index < -0.39 is 5.60 Å². The first kappa shape index (κ1) is 15.0. The number of aliphatic hydroxyl groups is 1. The Hall–Kier alpha value is -1.39. The van der Waals surface area contributed by atoms with Crippen molar-refractivity contribution in [3.63, 3.8) is 0 Å². The molecule has 1 aliphatic rings. The molecule has 0 aliphatic carbocycles. The van der Waals surface area contributed by atoms with E-state index in [1.54, 1.807) is 0 Å². The summed E-state index contributed by atoms with van der Waals surface area (Å²) >= 11 is 0. The van der Waals surface area contributed by atoms with Gasteiger partial charge < -0.3 is 10.4 Å². The van der Waals surface area contributed by atoms with Gasteiger partial charge in [-0.15, -0.1) is 0 Å². The number of carbonyl (C=O) groups excluding carboxylic acids is 1. The number of likely N-dealkylation sites (tertiary alicyclic amines) is 1. The summed E-state index contributed by atoms with van der Waals surface area (Å²) in [6, 6.07) is 6.02. The van der Waals surface area contributed by atoms with Gasteiger partial charge in [0.2, 0.25) is 5.91 Å². The zero-order valence-electron chi connectivity index (χ0n) is 12.7. The van der Waals surface area contributed by atoms with Gasteiger partial charge in [0, 0.05) is 18.8 Å². The molecular formula is C16H24N2O2. The van der Waals surface area contributed by atoms with Crippen molar-refractivity contribution in [1.82, 2.24) is 4.90 Å². The van der Waals surface area contributed by atoms with Crippen LogP contribution in [-0.4, -0.2) is 41.1 Å². The average Bonchev–Trinajstić information content (AvgIpc) is 2.31. The summed E-state index contributed by atoms with van der Waals surface area (Å²) in [5.41, 5.74) is 2.43. The van der Waals surface area contributed by atoms with Crippen LogP contribution in [0.25, 0.3) is 0 Å². The molecule has 0 atom stereocenters. The number of nitrogens with zero attached hydrogens (tertiary/aromatic N) is 1. The number of benzene rings is 1. The number of aryl methyl sites for hydroxylation is 2. The highest BCUT2D eigenvalue weighted by Crippen LogP contribution is 2.28. The minimum atomic E-state index is -0.625. The lowest BCUT2D eigenvalue weighted by atomic mass is 9.83. The predicted octanol–water partition coefficient (Wildman–Crippen LogP) is 1.94. The van der Waals surface area contributed by atoms with Crippen LogP contribution in [0.1, 0.15) is 25.0 Å². The molecule has 4 nitrogen and oxygen atoms in total. The maximum Gasteiger partial charge on any atom is 0.238 e. The molecule has 1 amide bonds. The topological polar surface area (TPSA) is 52.6 Å². The van der Waals surface area contributed by atoms with Crippen LogP contribution in [0.15, 0.2) is 18.2 Å². The van der Waals surface area contributed by atoms with E-state index in [9.17, 15) is 9.90 Å². The van der Waals surface area contributed by atoms with Crippen molar-refractivity contribution in [1.29, 1.82) is 0 Å². The van der Waals surface area contributed by atoms with Crippen LogP contribution in [0.3, 0.4) is 0 Å². The highest BCUT2D eigenvalue weighted by Gasteiger charge is 2.43. The second-order valence-corrected chi connectivity index (χ2v) is 6.27. The molecule has 1 fully saturated rings. The van der Waals surface area contributed by atoms with Gasteiger partial charge >= 0.3 is 0 Å². The molecule has 2 N–H and O–H groups in total. The van der Waals surface area contributed by atoms with Crippen molar-refractivity contribution in [2.45, 2.75) is 33.3 Å². The molecule has 0 spiro atoms.